The molecule has 0 amide bonds. The first-order chi connectivity index (χ1) is 9.20. The zero-order chi connectivity index (χ0) is 13.7. The van der Waals surface area contributed by atoms with E-state index in [4.69, 9.17) is 0 Å². The van der Waals surface area contributed by atoms with Gasteiger partial charge in [0, 0.05) is 6.21 Å². The van der Waals surface area contributed by atoms with E-state index in [9.17, 15) is 4.79 Å². The van der Waals surface area contributed by atoms with Crippen molar-refractivity contribution in [2.24, 2.45) is 11.0 Å². The molecule has 1 unspecified atom stereocenters. The van der Waals surface area contributed by atoms with Gasteiger partial charge in [0.25, 0.3) is 0 Å². The number of ether oxygens (including phenoxy) is 1. The van der Waals surface area contributed by atoms with E-state index in [-0.39, 0.29) is 5.97 Å². The van der Waals surface area contributed by atoms with Crippen molar-refractivity contribution >= 4 is 28.7 Å². The Morgan fingerprint density at radius 2 is 2.47 bits per heavy atom. The van der Waals surface area contributed by atoms with Crippen molar-refractivity contribution in [3.05, 3.63) is 22.7 Å². The number of aromatic nitrogens is 1. The number of anilines is 1. The lowest BCUT2D eigenvalue weighted by atomic mass is 9.96. The van der Waals surface area contributed by atoms with Crippen molar-refractivity contribution in [1.29, 1.82) is 0 Å². The van der Waals surface area contributed by atoms with Crippen LogP contribution in [0.15, 0.2) is 17.3 Å². The molecule has 0 bridgehead atoms. The van der Waals surface area contributed by atoms with Crippen molar-refractivity contribution in [2.45, 2.75) is 26.2 Å². The zero-order valence-electron chi connectivity index (χ0n) is 11.0. The van der Waals surface area contributed by atoms with E-state index in [1.165, 1.54) is 18.4 Å². The second-order valence-electron chi connectivity index (χ2n) is 4.36. The molecule has 6 heteroatoms. The molecule has 1 aliphatic rings. The number of carbonyl (C=O) groups is 1. The molecule has 0 aliphatic heterocycles. The third-order valence-electron chi connectivity index (χ3n) is 2.92. The molecule has 0 saturated heterocycles. The van der Waals surface area contributed by atoms with Crippen LogP contribution in [-0.2, 0) is 4.74 Å². The molecule has 1 aliphatic carbocycles. The number of allylic oxidation sites excluding steroid dienone is 2. The molecule has 1 atom stereocenters. The molecular weight excluding hydrogens is 262 g/mol. The van der Waals surface area contributed by atoms with Crippen LogP contribution in [0.1, 0.15) is 34.6 Å². The summed E-state index contributed by atoms with van der Waals surface area (Å²) in [6.07, 6.45) is 9.58. The van der Waals surface area contributed by atoms with Gasteiger partial charge in [0.15, 0.2) is 0 Å². The molecule has 0 fully saturated rings. The van der Waals surface area contributed by atoms with Gasteiger partial charge in [-0.05, 0) is 32.1 Å². The van der Waals surface area contributed by atoms with Crippen molar-refractivity contribution in [3.8, 4) is 0 Å². The van der Waals surface area contributed by atoms with E-state index in [0.717, 1.165) is 19.3 Å². The molecule has 1 aromatic rings. The van der Waals surface area contributed by atoms with Crippen LogP contribution in [0.25, 0.3) is 0 Å². The SMILES string of the molecule is COC(=O)c1sc(N/N=C/C2CC=CCC2)nc1C. The van der Waals surface area contributed by atoms with Gasteiger partial charge in [-0.3, -0.25) is 5.43 Å². The number of hydrogen-bond donors (Lipinski definition) is 1. The van der Waals surface area contributed by atoms with Gasteiger partial charge in [0.1, 0.15) is 4.88 Å². The summed E-state index contributed by atoms with van der Waals surface area (Å²) in [6, 6.07) is 0. The molecule has 1 N–H and O–H groups in total. The second-order valence-corrected chi connectivity index (χ2v) is 5.36. The van der Waals surface area contributed by atoms with Gasteiger partial charge < -0.3 is 4.74 Å². The van der Waals surface area contributed by atoms with Crippen LogP contribution in [-0.4, -0.2) is 24.3 Å². The third kappa shape index (κ3) is 3.64. The number of esters is 1. The minimum atomic E-state index is -0.357. The quantitative estimate of drug-likeness (QED) is 0.398. The fourth-order valence-electron chi connectivity index (χ4n) is 1.88. The van der Waals surface area contributed by atoms with Crippen LogP contribution in [0.2, 0.25) is 0 Å². The molecular formula is C13H17N3O2S. The Kier molecular flexibility index (Phi) is 4.68. The fraction of sp³-hybridized carbons (Fsp3) is 0.462. The molecule has 1 aromatic heterocycles. The maximum absolute atomic E-state index is 11.4. The molecule has 102 valence electrons. The molecule has 5 nitrogen and oxygen atoms in total. The summed E-state index contributed by atoms with van der Waals surface area (Å²) in [5.41, 5.74) is 3.54. The average molecular weight is 279 g/mol. The molecule has 1 heterocycles. The summed E-state index contributed by atoms with van der Waals surface area (Å²) in [5.74, 6) is 0.128. The Morgan fingerprint density at radius 1 is 1.63 bits per heavy atom. The highest BCUT2D eigenvalue weighted by atomic mass is 32.1. The van der Waals surface area contributed by atoms with Crippen molar-refractivity contribution in [1.82, 2.24) is 4.98 Å². The lowest BCUT2D eigenvalue weighted by molar-refractivity contribution is 0.0605. The Hall–Kier alpha value is -1.69. The summed E-state index contributed by atoms with van der Waals surface area (Å²) in [7, 11) is 1.36. The summed E-state index contributed by atoms with van der Waals surface area (Å²) in [4.78, 5) is 16.2. The van der Waals surface area contributed by atoms with Gasteiger partial charge >= 0.3 is 5.97 Å². The highest BCUT2D eigenvalue weighted by Crippen LogP contribution is 2.23. The van der Waals surface area contributed by atoms with E-state index < -0.39 is 0 Å². The Labute approximate surface area is 116 Å². The monoisotopic (exact) mass is 279 g/mol. The Bertz CT molecular complexity index is 508. The number of thiazole rings is 1. The minimum Gasteiger partial charge on any atom is -0.465 e. The van der Waals surface area contributed by atoms with E-state index in [0.29, 0.717) is 21.6 Å². The zero-order valence-corrected chi connectivity index (χ0v) is 11.9. The van der Waals surface area contributed by atoms with Gasteiger partial charge in [-0.2, -0.15) is 5.10 Å². The van der Waals surface area contributed by atoms with Crippen LogP contribution in [0.4, 0.5) is 5.13 Å². The summed E-state index contributed by atoms with van der Waals surface area (Å²) in [6.45, 7) is 1.78. The van der Waals surface area contributed by atoms with Crippen LogP contribution in [0, 0.1) is 12.8 Å². The predicted molar refractivity (Wildman–Crippen MR) is 76.8 cm³/mol. The van der Waals surface area contributed by atoms with Crippen LogP contribution in [0.3, 0.4) is 0 Å². The third-order valence-corrected chi connectivity index (χ3v) is 3.96. The first kappa shape index (κ1) is 13.7. The normalized spacial score (nSPS) is 18.7. The minimum absolute atomic E-state index is 0.357. The molecule has 0 spiro atoms. The van der Waals surface area contributed by atoms with E-state index in [1.54, 1.807) is 6.92 Å². The smallest absolute Gasteiger partial charge is 0.350 e. The maximum Gasteiger partial charge on any atom is 0.350 e. The topological polar surface area (TPSA) is 63.6 Å². The number of hydrogen-bond acceptors (Lipinski definition) is 6. The molecule has 0 radical (unpaired) electrons. The van der Waals surface area contributed by atoms with Gasteiger partial charge in [0.05, 0.1) is 12.8 Å². The van der Waals surface area contributed by atoms with Crippen LogP contribution in [0.5, 0.6) is 0 Å². The second kappa shape index (κ2) is 6.47. The summed E-state index contributed by atoms with van der Waals surface area (Å²) in [5, 5.41) is 4.80. The number of rotatable bonds is 4. The standard InChI is InChI=1S/C13H17N3O2S/c1-9-11(12(17)18-2)19-13(15-9)16-14-8-10-6-4-3-5-7-10/h3-4,8,10H,5-7H2,1-2H3,(H,15,16)/b14-8+. The number of nitrogens with one attached hydrogen (secondary N) is 1. The maximum atomic E-state index is 11.4. The number of carbonyl (C=O) groups excluding carboxylic acids is 1. The van der Waals surface area contributed by atoms with E-state index in [2.05, 4.69) is 32.4 Å². The Balaban J connectivity index is 1.94. The van der Waals surface area contributed by atoms with Crippen molar-refractivity contribution in [2.75, 3.05) is 12.5 Å². The molecule has 19 heavy (non-hydrogen) atoms. The van der Waals surface area contributed by atoms with Gasteiger partial charge in [-0.25, -0.2) is 9.78 Å². The van der Waals surface area contributed by atoms with Gasteiger partial charge in [-0.1, -0.05) is 23.5 Å². The number of hydrazone groups is 1. The van der Waals surface area contributed by atoms with Crippen LogP contribution < -0.4 is 5.43 Å². The van der Waals surface area contributed by atoms with Gasteiger partial charge in [0.2, 0.25) is 5.13 Å². The Morgan fingerprint density at radius 3 is 3.16 bits per heavy atom. The molecule has 2 rings (SSSR count). The first-order valence-electron chi connectivity index (χ1n) is 6.20. The average Bonchev–Trinajstić information content (AvgIpc) is 2.80. The van der Waals surface area contributed by atoms with Gasteiger partial charge in [-0.15, -0.1) is 0 Å². The highest BCUT2D eigenvalue weighted by Gasteiger charge is 2.15. The van der Waals surface area contributed by atoms with Crippen molar-refractivity contribution < 1.29 is 9.53 Å². The summed E-state index contributed by atoms with van der Waals surface area (Å²) < 4.78 is 4.69. The largest absolute Gasteiger partial charge is 0.465 e. The number of methoxy groups -OCH3 is 1. The molecule has 0 saturated carbocycles. The molecule has 0 aromatic carbocycles. The number of aryl methyl sites for hydroxylation is 1. The fourth-order valence-corrected chi connectivity index (χ4v) is 2.71. The highest BCUT2D eigenvalue weighted by molar-refractivity contribution is 7.17. The number of nitrogens with zero attached hydrogens (tertiary/aromatic N) is 2. The van der Waals surface area contributed by atoms with Crippen LogP contribution >= 0.6 is 11.3 Å². The lowest BCUT2D eigenvalue weighted by Gasteiger charge is -2.11. The van der Waals surface area contributed by atoms with E-state index >= 15 is 0 Å². The summed E-state index contributed by atoms with van der Waals surface area (Å²) >= 11 is 1.25. The lowest BCUT2D eigenvalue weighted by Crippen LogP contribution is -2.04. The first-order valence-corrected chi connectivity index (χ1v) is 7.02. The van der Waals surface area contributed by atoms with Crippen molar-refractivity contribution in [3.63, 3.8) is 0 Å². The predicted octanol–water partition coefficient (Wildman–Crippen LogP) is 2.99. The van der Waals surface area contributed by atoms with E-state index in [1.807, 2.05) is 6.21 Å².